The molecule has 2 rings (SSSR count). The number of aromatic nitrogens is 1. The molecule has 0 fully saturated rings. The summed E-state index contributed by atoms with van der Waals surface area (Å²) in [5, 5.41) is 6.36. The lowest BCUT2D eigenvalue weighted by Crippen LogP contribution is -1.99. The molecule has 1 heterocycles. The van der Waals surface area contributed by atoms with E-state index in [9.17, 15) is 8.78 Å². The predicted octanol–water partition coefficient (Wildman–Crippen LogP) is 2.56. The van der Waals surface area contributed by atoms with E-state index in [2.05, 4.69) is 15.0 Å². The smallest absolute Gasteiger partial charge is 0.128 e. The van der Waals surface area contributed by atoms with E-state index in [1.165, 1.54) is 24.6 Å². The largest absolute Gasteiger partial charge is 0.381 e. The van der Waals surface area contributed by atoms with Gasteiger partial charge in [-0.05, 0) is 12.1 Å². The zero-order valence-corrected chi connectivity index (χ0v) is 7.71. The number of benzene rings is 1. The van der Waals surface area contributed by atoms with E-state index >= 15 is 0 Å². The molecule has 5 heteroatoms. The number of halogens is 2. The van der Waals surface area contributed by atoms with Crippen LogP contribution in [0.4, 0.5) is 14.5 Å². The predicted molar refractivity (Wildman–Crippen MR) is 50.2 cm³/mol. The maximum atomic E-state index is 12.8. The van der Waals surface area contributed by atoms with Crippen LogP contribution < -0.4 is 5.32 Å². The molecule has 0 atom stereocenters. The van der Waals surface area contributed by atoms with Crippen molar-refractivity contribution in [2.75, 3.05) is 5.32 Å². The summed E-state index contributed by atoms with van der Waals surface area (Å²) < 4.78 is 30.2. The highest BCUT2D eigenvalue weighted by molar-refractivity contribution is 5.43. The first-order valence-corrected chi connectivity index (χ1v) is 4.32. The van der Waals surface area contributed by atoms with Gasteiger partial charge in [0.1, 0.15) is 17.9 Å². The zero-order chi connectivity index (χ0) is 10.7. The fourth-order valence-electron chi connectivity index (χ4n) is 1.17. The Kier molecular flexibility index (Phi) is 2.62. The molecule has 1 aromatic carbocycles. The fraction of sp³-hybridized carbons (Fsp3) is 0.100. The second kappa shape index (κ2) is 4.08. The first-order chi connectivity index (χ1) is 7.24. The summed E-state index contributed by atoms with van der Waals surface area (Å²) in [5.41, 5.74) is 1.19. The number of anilines is 1. The van der Waals surface area contributed by atoms with E-state index in [0.29, 0.717) is 12.2 Å². The van der Waals surface area contributed by atoms with Crippen LogP contribution in [0.3, 0.4) is 0 Å². The molecule has 0 aliphatic rings. The second-order valence-corrected chi connectivity index (χ2v) is 3.04. The third-order valence-corrected chi connectivity index (χ3v) is 1.84. The Labute approximate surface area is 84.7 Å². The molecule has 15 heavy (non-hydrogen) atoms. The van der Waals surface area contributed by atoms with Crippen LogP contribution in [-0.2, 0) is 6.54 Å². The van der Waals surface area contributed by atoms with Crippen molar-refractivity contribution >= 4 is 5.69 Å². The number of rotatable bonds is 3. The van der Waals surface area contributed by atoms with Crippen molar-refractivity contribution in [1.82, 2.24) is 5.16 Å². The fourth-order valence-corrected chi connectivity index (χ4v) is 1.17. The Bertz CT molecular complexity index is 422. The van der Waals surface area contributed by atoms with Crippen LogP contribution in [0.15, 0.2) is 35.2 Å². The topological polar surface area (TPSA) is 38.1 Å². The molecule has 0 bridgehead atoms. The number of nitrogens with one attached hydrogen (secondary N) is 1. The van der Waals surface area contributed by atoms with E-state index in [1.807, 2.05) is 0 Å². The average Bonchev–Trinajstić information content (AvgIpc) is 2.65. The molecule has 0 unspecified atom stereocenters. The molecule has 0 amide bonds. The van der Waals surface area contributed by atoms with E-state index in [0.717, 1.165) is 11.6 Å². The number of hydrogen-bond acceptors (Lipinski definition) is 3. The van der Waals surface area contributed by atoms with Crippen LogP contribution in [0.2, 0.25) is 0 Å². The van der Waals surface area contributed by atoms with Gasteiger partial charge in [-0.3, -0.25) is 0 Å². The van der Waals surface area contributed by atoms with E-state index in [-0.39, 0.29) is 0 Å². The first kappa shape index (κ1) is 9.64. The van der Waals surface area contributed by atoms with Gasteiger partial charge in [-0.25, -0.2) is 8.78 Å². The Morgan fingerprint density at radius 1 is 1.20 bits per heavy atom. The van der Waals surface area contributed by atoms with Gasteiger partial charge in [-0.1, -0.05) is 5.16 Å². The van der Waals surface area contributed by atoms with Gasteiger partial charge in [-0.2, -0.15) is 0 Å². The maximum Gasteiger partial charge on any atom is 0.128 e. The second-order valence-electron chi connectivity index (χ2n) is 3.04. The monoisotopic (exact) mass is 210 g/mol. The Balaban J connectivity index is 2.05. The lowest BCUT2D eigenvalue weighted by Gasteiger charge is -2.04. The molecule has 0 radical (unpaired) electrons. The molecule has 0 saturated carbocycles. The highest BCUT2D eigenvalue weighted by Gasteiger charge is 2.01. The number of nitrogens with zero attached hydrogens (tertiary/aromatic N) is 1. The molecular formula is C10H8F2N2O. The summed E-state index contributed by atoms with van der Waals surface area (Å²) >= 11 is 0. The van der Waals surface area contributed by atoms with E-state index in [4.69, 9.17) is 0 Å². The van der Waals surface area contributed by atoms with Crippen molar-refractivity contribution < 1.29 is 13.3 Å². The molecule has 0 aliphatic carbocycles. The highest BCUT2D eigenvalue weighted by atomic mass is 19.1. The van der Waals surface area contributed by atoms with Crippen LogP contribution in [0.1, 0.15) is 5.56 Å². The summed E-state index contributed by atoms with van der Waals surface area (Å²) in [4.78, 5) is 0. The van der Waals surface area contributed by atoms with Crippen LogP contribution in [-0.4, -0.2) is 5.16 Å². The Hall–Kier alpha value is -1.91. The molecular weight excluding hydrogens is 202 g/mol. The molecule has 0 spiro atoms. The standard InChI is InChI=1S/C10H8F2N2O/c11-8-1-9(12)3-10(2-8)13-4-7-5-14-15-6-7/h1-3,5-6,13H,4H2. The summed E-state index contributed by atoms with van der Waals surface area (Å²) in [6, 6.07) is 3.26. The van der Waals surface area contributed by atoms with Crippen molar-refractivity contribution in [1.29, 1.82) is 0 Å². The van der Waals surface area contributed by atoms with Gasteiger partial charge in [0.15, 0.2) is 0 Å². The summed E-state index contributed by atoms with van der Waals surface area (Å²) in [7, 11) is 0. The maximum absolute atomic E-state index is 12.8. The normalized spacial score (nSPS) is 10.3. The minimum atomic E-state index is -0.609. The van der Waals surface area contributed by atoms with E-state index < -0.39 is 11.6 Å². The van der Waals surface area contributed by atoms with Gasteiger partial charge >= 0.3 is 0 Å². The third kappa shape index (κ3) is 2.52. The Morgan fingerprint density at radius 3 is 2.53 bits per heavy atom. The van der Waals surface area contributed by atoms with Crippen LogP contribution in [0, 0.1) is 11.6 Å². The Morgan fingerprint density at radius 2 is 1.93 bits per heavy atom. The van der Waals surface area contributed by atoms with Crippen molar-refractivity contribution in [3.63, 3.8) is 0 Å². The van der Waals surface area contributed by atoms with E-state index in [1.54, 1.807) is 0 Å². The molecule has 1 N–H and O–H groups in total. The molecule has 78 valence electrons. The van der Waals surface area contributed by atoms with Crippen molar-refractivity contribution in [2.45, 2.75) is 6.54 Å². The lowest BCUT2D eigenvalue weighted by molar-refractivity contribution is 0.419. The van der Waals surface area contributed by atoms with Crippen LogP contribution >= 0.6 is 0 Å². The lowest BCUT2D eigenvalue weighted by atomic mass is 10.3. The van der Waals surface area contributed by atoms with Gasteiger partial charge < -0.3 is 9.84 Å². The minimum absolute atomic E-state index is 0.383. The van der Waals surface area contributed by atoms with Gasteiger partial charge in [-0.15, -0.1) is 0 Å². The molecule has 1 aromatic heterocycles. The van der Waals surface area contributed by atoms with Crippen LogP contribution in [0.5, 0.6) is 0 Å². The summed E-state index contributed by atoms with van der Waals surface area (Å²) in [6.45, 7) is 0.409. The average molecular weight is 210 g/mol. The highest BCUT2D eigenvalue weighted by Crippen LogP contribution is 2.13. The molecule has 2 aromatic rings. The zero-order valence-electron chi connectivity index (χ0n) is 7.71. The molecule has 3 nitrogen and oxygen atoms in total. The molecule has 0 saturated heterocycles. The van der Waals surface area contributed by atoms with Gasteiger partial charge in [0, 0.05) is 23.9 Å². The first-order valence-electron chi connectivity index (χ1n) is 4.32. The quantitative estimate of drug-likeness (QED) is 0.846. The van der Waals surface area contributed by atoms with Crippen LogP contribution in [0.25, 0.3) is 0 Å². The number of hydrogen-bond donors (Lipinski definition) is 1. The third-order valence-electron chi connectivity index (χ3n) is 1.84. The summed E-state index contributed by atoms with van der Waals surface area (Å²) in [5.74, 6) is -1.22. The van der Waals surface area contributed by atoms with Crippen molar-refractivity contribution in [2.24, 2.45) is 0 Å². The van der Waals surface area contributed by atoms with Crippen molar-refractivity contribution in [3.8, 4) is 0 Å². The van der Waals surface area contributed by atoms with Crippen molar-refractivity contribution in [3.05, 3.63) is 47.9 Å². The van der Waals surface area contributed by atoms with Gasteiger partial charge in [0.05, 0.1) is 6.20 Å². The SMILES string of the molecule is Fc1cc(F)cc(NCc2cnoc2)c1. The minimum Gasteiger partial charge on any atom is -0.381 e. The van der Waals surface area contributed by atoms with Gasteiger partial charge in [0.2, 0.25) is 0 Å². The molecule has 0 aliphatic heterocycles. The summed E-state index contributed by atoms with van der Waals surface area (Å²) in [6.07, 6.45) is 2.99. The van der Waals surface area contributed by atoms with Gasteiger partial charge in [0.25, 0.3) is 0 Å².